The zero-order valence-corrected chi connectivity index (χ0v) is 17.1. The number of methoxy groups -OCH3 is 1. The molecule has 0 radical (unpaired) electrons. The van der Waals surface area contributed by atoms with Crippen molar-refractivity contribution >= 4 is 59.7 Å². The molecule has 6 nitrogen and oxygen atoms in total. The molecule has 0 aliphatic carbocycles. The summed E-state index contributed by atoms with van der Waals surface area (Å²) in [7, 11) is 1.63. The van der Waals surface area contributed by atoms with Crippen molar-refractivity contribution in [3.8, 4) is 0 Å². The number of nitrogens with zero attached hydrogens (tertiary/aromatic N) is 1. The summed E-state index contributed by atoms with van der Waals surface area (Å²) in [4.78, 5) is 16.6. The van der Waals surface area contributed by atoms with Gasteiger partial charge in [0.2, 0.25) is 5.91 Å². The molecule has 0 aromatic carbocycles. The van der Waals surface area contributed by atoms with Gasteiger partial charge in [-0.25, -0.2) is 4.98 Å². The molecule has 2 heterocycles. The van der Waals surface area contributed by atoms with Gasteiger partial charge in [-0.1, -0.05) is 23.2 Å². The third-order valence-corrected chi connectivity index (χ3v) is 4.47. The number of rotatable bonds is 7. The molecule has 0 unspecified atom stereocenters. The number of nitrogens with one attached hydrogen (secondary N) is 3. The standard InChI is InChI=1S/C15H22Cl2N4O2.2ClH/c1-23-10-15(2-4-18-5-3-15)14(22)20-7-6-19-13-12(17)8-11(16)9-21-13;;/h8-9,18H,2-7,10H2,1H3,(H,19,21)(H,20,22);2*1H. The third-order valence-electron chi connectivity index (χ3n) is 3.97. The fraction of sp³-hybridized carbons (Fsp3) is 0.600. The van der Waals surface area contributed by atoms with Gasteiger partial charge in [-0.05, 0) is 32.0 Å². The number of carbonyl (C=O) groups excluding carboxylic acids is 1. The number of piperidine rings is 1. The van der Waals surface area contributed by atoms with E-state index >= 15 is 0 Å². The van der Waals surface area contributed by atoms with Crippen LogP contribution in [0.1, 0.15) is 12.8 Å². The minimum atomic E-state index is -0.434. The predicted molar refractivity (Wildman–Crippen MR) is 107 cm³/mol. The van der Waals surface area contributed by atoms with Gasteiger partial charge in [0, 0.05) is 26.4 Å². The average molecular weight is 434 g/mol. The van der Waals surface area contributed by atoms with Gasteiger partial charge in [0.25, 0.3) is 0 Å². The first-order valence-electron chi connectivity index (χ1n) is 7.60. The lowest BCUT2D eigenvalue weighted by atomic mass is 9.78. The Morgan fingerprint density at radius 3 is 2.60 bits per heavy atom. The summed E-state index contributed by atoms with van der Waals surface area (Å²) in [5, 5.41) is 10.3. The molecule has 1 aliphatic heterocycles. The zero-order chi connectivity index (χ0) is 16.7. The van der Waals surface area contributed by atoms with Crippen LogP contribution in [0.2, 0.25) is 10.0 Å². The molecular weight excluding hydrogens is 410 g/mol. The number of amides is 1. The molecule has 1 aliphatic rings. The maximum absolute atomic E-state index is 12.5. The van der Waals surface area contributed by atoms with Crippen molar-refractivity contribution in [1.29, 1.82) is 0 Å². The molecule has 0 spiro atoms. The van der Waals surface area contributed by atoms with E-state index in [1.165, 1.54) is 6.20 Å². The number of hydrogen-bond donors (Lipinski definition) is 3. The second-order valence-corrected chi connectivity index (χ2v) is 6.47. The minimum Gasteiger partial charge on any atom is -0.384 e. The van der Waals surface area contributed by atoms with Gasteiger partial charge in [-0.3, -0.25) is 4.79 Å². The second-order valence-electron chi connectivity index (χ2n) is 5.63. The lowest BCUT2D eigenvalue weighted by Gasteiger charge is -2.35. The van der Waals surface area contributed by atoms with Gasteiger partial charge in [-0.15, -0.1) is 24.8 Å². The lowest BCUT2D eigenvalue weighted by molar-refractivity contribution is -0.136. The Kier molecular flexibility index (Phi) is 11.8. The van der Waals surface area contributed by atoms with Gasteiger partial charge < -0.3 is 20.7 Å². The first kappa shape index (κ1) is 24.5. The van der Waals surface area contributed by atoms with Gasteiger partial charge >= 0.3 is 0 Å². The molecule has 1 aromatic rings. The number of carbonyl (C=O) groups is 1. The highest BCUT2D eigenvalue weighted by molar-refractivity contribution is 6.35. The van der Waals surface area contributed by atoms with Crippen molar-refractivity contribution in [2.75, 3.05) is 45.2 Å². The van der Waals surface area contributed by atoms with Crippen molar-refractivity contribution in [2.24, 2.45) is 5.41 Å². The Morgan fingerprint density at radius 2 is 2.00 bits per heavy atom. The minimum absolute atomic E-state index is 0. The van der Waals surface area contributed by atoms with E-state index in [0.29, 0.717) is 35.6 Å². The van der Waals surface area contributed by atoms with Crippen molar-refractivity contribution < 1.29 is 9.53 Å². The number of pyridine rings is 1. The van der Waals surface area contributed by atoms with Crippen molar-refractivity contribution in [3.63, 3.8) is 0 Å². The van der Waals surface area contributed by atoms with Gasteiger partial charge in [0.15, 0.2) is 0 Å². The highest BCUT2D eigenvalue weighted by atomic mass is 35.5. The normalized spacial score (nSPS) is 15.5. The lowest BCUT2D eigenvalue weighted by Crippen LogP contribution is -2.50. The average Bonchev–Trinajstić information content (AvgIpc) is 2.54. The largest absolute Gasteiger partial charge is 0.384 e. The van der Waals surface area contributed by atoms with Crippen molar-refractivity contribution in [2.45, 2.75) is 12.8 Å². The Morgan fingerprint density at radius 1 is 1.32 bits per heavy atom. The van der Waals surface area contributed by atoms with Crippen molar-refractivity contribution in [1.82, 2.24) is 15.6 Å². The number of hydrogen-bond acceptors (Lipinski definition) is 5. The van der Waals surface area contributed by atoms with E-state index in [9.17, 15) is 4.79 Å². The first-order valence-corrected chi connectivity index (χ1v) is 8.36. The topological polar surface area (TPSA) is 75.3 Å². The number of anilines is 1. The molecule has 0 atom stereocenters. The van der Waals surface area contributed by atoms with E-state index in [2.05, 4.69) is 20.9 Å². The van der Waals surface area contributed by atoms with Crippen LogP contribution in [0.15, 0.2) is 12.3 Å². The fourth-order valence-corrected chi connectivity index (χ4v) is 3.15. The predicted octanol–water partition coefficient (Wildman–Crippen LogP) is 2.78. The van der Waals surface area contributed by atoms with Crippen LogP contribution in [0.3, 0.4) is 0 Å². The fourth-order valence-electron chi connectivity index (χ4n) is 2.71. The van der Waals surface area contributed by atoms with Gasteiger partial charge in [0.1, 0.15) is 5.82 Å². The van der Waals surface area contributed by atoms with E-state index in [4.69, 9.17) is 27.9 Å². The van der Waals surface area contributed by atoms with Crippen LogP contribution in [0.25, 0.3) is 0 Å². The molecule has 0 bridgehead atoms. The number of ether oxygens (including phenoxy) is 1. The number of aromatic nitrogens is 1. The third kappa shape index (κ3) is 6.96. The van der Waals surface area contributed by atoms with Crippen LogP contribution < -0.4 is 16.0 Å². The molecule has 10 heteroatoms. The summed E-state index contributed by atoms with van der Waals surface area (Å²) in [5.74, 6) is 0.594. The Hall–Kier alpha value is -0.500. The summed E-state index contributed by atoms with van der Waals surface area (Å²) < 4.78 is 5.26. The van der Waals surface area contributed by atoms with E-state index in [0.717, 1.165) is 25.9 Å². The van der Waals surface area contributed by atoms with Gasteiger partial charge in [-0.2, -0.15) is 0 Å². The summed E-state index contributed by atoms with van der Waals surface area (Å²) in [6, 6.07) is 1.62. The highest BCUT2D eigenvalue weighted by Crippen LogP contribution is 2.29. The molecule has 3 N–H and O–H groups in total. The van der Waals surface area contributed by atoms with Crippen LogP contribution >= 0.6 is 48.0 Å². The smallest absolute Gasteiger partial charge is 0.228 e. The molecule has 0 saturated carbocycles. The molecule has 2 rings (SSSR count). The molecular formula is C15H24Cl4N4O2. The Bertz CT molecular complexity index is 537. The van der Waals surface area contributed by atoms with E-state index < -0.39 is 5.41 Å². The van der Waals surface area contributed by atoms with Crippen LogP contribution in [0, 0.1) is 5.41 Å². The van der Waals surface area contributed by atoms with Crippen LogP contribution in [-0.2, 0) is 9.53 Å². The second kappa shape index (κ2) is 12.0. The zero-order valence-electron chi connectivity index (χ0n) is 13.9. The van der Waals surface area contributed by atoms with E-state index in [-0.39, 0.29) is 30.7 Å². The van der Waals surface area contributed by atoms with E-state index in [1.807, 2.05) is 0 Å². The monoisotopic (exact) mass is 432 g/mol. The molecule has 1 fully saturated rings. The van der Waals surface area contributed by atoms with Crippen LogP contribution in [-0.4, -0.2) is 50.8 Å². The first-order chi connectivity index (χ1) is 11.1. The van der Waals surface area contributed by atoms with Crippen LogP contribution in [0.4, 0.5) is 5.82 Å². The summed E-state index contributed by atoms with van der Waals surface area (Å²) in [5.41, 5.74) is -0.434. The van der Waals surface area contributed by atoms with Gasteiger partial charge in [0.05, 0.1) is 22.1 Å². The maximum atomic E-state index is 12.5. The summed E-state index contributed by atoms with van der Waals surface area (Å²) in [6.07, 6.45) is 3.09. The molecule has 1 aromatic heterocycles. The van der Waals surface area contributed by atoms with E-state index in [1.54, 1.807) is 13.2 Å². The van der Waals surface area contributed by atoms with Crippen molar-refractivity contribution in [3.05, 3.63) is 22.3 Å². The van der Waals surface area contributed by atoms with Crippen LogP contribution in [0.5, 0.6) is 0 Å². The SMILES string of the molecule is COCC1(C(=O)NCCNc2ncc(Cl)cc2Cl)CCNCC1.Cl.Cl. The number of halogens is 4. The quantitative estimate of drug-likeness (QED) is 0.576. The Balaban J connectivity index is 0.00000288. The molecule has 1 saturated heterocycles. The molecule has 25 heavy (non-hydrogen) atoms. The molecule has 144 valence electrons. The summed E-state index contributed by atoms with van der Waals surface area (Å²) in [6.45, 7) is 3.12. The molecule has 1 amide bonds. The highest BCUT2D eigenvalue weighted by Gasteiger charge is 2.39. The maximum Gasteiger partial charge on any atom is 0.228 e. The summed E-state index contributed by atoms with van der Waals surface area (Å²) >= 11 is 11.8. The Labute approximate surface area is 170 Å².